The van der Waals surface area contributed by atoms with E-state index in [4.69, 9.17) is 4.74 Å². The molecule has 3 amide bonds. The minimum absolute atomic E-state index is 0.0422. The van der Waals surface area contributed by atoms with E-state index in [0.29, 0.717) is 35.2 Å². The highest BCUT2D eigenvalue weighted by molar-refractivity contribution is 7.22. The number of hydrogen-bond donors (Lipinski definition) is 1. The molecule has 2 aliphatic rings. The second-order valence-corrected chi connectivity index (χ2v) is 5.89. The van der Waals surface area contributed by atoms with Crippen LogP contribution in [-0.4, -0.2) is 43.7 Å². The van der Waals surface area contributed by atoms with E-state index in [1.54, 1.807) is 16.8 Å². The lowest BCUT2D eigenvalue weighted by molar-refractivity contribution is -0.120. The van der Waals surface area contributed by atoms with Gasteiger partial charge in [-0.15, -0.1) is 0 Å². The molecule has 0 spiro atoms. The summed E-state index contributed by atoms with van der Waals surface area (Å²) < 4.78 is 6.38. The van der Waals surface area contributed by atoms with Gasteiger partial charge in [0.25, 0.3) is 5.91 Å². The van der Waals surface area contributed by atoms with Gasteiger partial charge in [0.15, 0.2) is 11.7 Å². The van der Waals surface area contributed by atoms with Gasteiger partial charge in [-0.05, 0) is 12.1 Å². The SMILES string of the molecule is CN1C(=O)COc2ccc3sc(N4CCNC4=O)nc3c21. The van der Waals surface area contributed by atoms with Crippen LogP contribution in [0.15, 0.2) is 12.1 Å². The highest BCUT2D eigenvalue weighted by Crippen LogP contribution is 2.41. The number of amides is 3. The van der Waals surface area contributed by atoms with Gasteiger partial charge in [0.1, 0.15) is 17.0 Å². The molecule has 0 saturated carbocycles. The van der Waals surface area contributed by atoms with Crippen LogP contribution in [0.4, 0.5) is 15.6 Å². The van der Waals surface area contributed by atoms with E-state index in [-0.39, 0.29) is 18.5 Å². The second-order valence-electron chi connectivity index (χ2n) is 4.88. The average Bonchev–Trinajstić information content (AvgIpc) is 3.07. The molecule has 4 rings (SSSR count). The lowest BCUT2D eigenvalue weighted by Crippen LogP contribution is -2.35. The molecule has 2 aliphatic heterocycles. The number of aromatic nitrogens is 1. The lowest BCUT2D eigenvalue weighted by atomic mass is 10.2. The maximum absolute atomic E-state index is 11.8. The summed E-state index contributed by atoms with van der Waals surface area (Å²) in [5, 5.41) is 3.39. The third-order valence-corrected chi connectivity index (χ3v) is 4.68. The number of carbonyl (C=O) groups excluding carboxylic acids is 2. The predicted molar refractivity (Wildman–Crippen MR) is 79.3 cm³/mol. The third kappa shape index (κ3) is 1.75. The van der Waals surface area contributed by atoms with Gasteiger partial charge in [0.2, 0.25) is 0 Å². The Morgan fingerprint density at radius 2 is 2.24 bits per heavy atom. The van der Waals surface area contributed by atoms with E-state index >= 15 is 0 Å². The van der Waals surface area contributed by atoms with Gasteiger partial charge < -0.3 is 15.0 Å². The van der Waals surface area contributed by atoms with Gasteiger partial charge in [0, 0.05) is 20.1 Å². The maximum Gasteiger partial charge on any atom is 0.323 e. The van der Waals surface area contributed by atoms with E-state index in [2.05, 4.69) is 10.3 Å². The summed E-state index contributed by atoms with van der Waals surface area (Å²) in [5.41, 5.74) is 1.37. The quantitative estimate of drug-likeness (QED) is 0.858. The molecule has 21 heavy (non-hydrogen) atoms. The summed E-state index contributed by atoms with van der Waals surface area (Å²) in [6, 6.07) is 3.61. The average molecular weight is 304 g/mol. The molecule has 1 aromatic carbocycles. The Bertz CT molecular complexity index is 772. The maximum atomic E-state index is 11.8. The number of likely N-dealkylation sites (N-methyl/N-ethyl adjacent to an activating group) is 1. The smallest absolute Gasteiger partial charge is 0.323 e. The molecule has 0 radical (unpaired) electrons. The van der Waals surface area contributed by atoms with Crippen molar-refractivity contribution >= 4 is 44.3 Å². The van der Waals surface area contributed by atoms with Crippen molar-refractivity contribution in [2.45, 2.75) is 0 Å². The highest BCUT2D eigenvalue weighted by atomic mass is 32.1. The molecule has 0 bridgehead atoms. The zero-order valence-corrected chi connectivity index (χ0v) is 12.1. The molecular formula is C13H12N4O3S. The zero-order valence-electron chi connectivity index (χ0n) is 11.3. The minimum atomic E-state index is -0.136. The van der Waals surface area contributed by atoms with Gasteiger partial charge in [-0.1, -0.05) is 11.3 Å². The topological polar surface area (TPSA) is 74.8 Å². The molecule has 2 aromatic rings. The highest BCUT2D eigenvalue weighted by Gasteiger charge is 2.29. The number of ether oxygens (including phenoxy) is 1. The number of urea groups is 1. The first-order chi connectivity index (χ1) is 10.1. The Morgan fingerprint density at radius 1 is 1.38 bits per heavy atom. The fourth-order valence-electron chi connectivity index (χ4n) is 2.52. The van der Waals surface area contributed by atoms with Crippen LogP contribution in [0.25, 0.3) is 10.2 Å². The number of carbonyl (C=O) groups is 2. The molecule has 8 heteroatoms. The standard InChI is InChI=1S/C13H12N4O3S/c1-16-9(18)6-20-7-2-3-8-10(11(7)16)15-13(21-8)17-5-4-14-12(17)19/h2-3H,4-6H2,1H3,(H,14,19). The van der Waals surface area contributed by atoms with Gasteiger partial charge in [-0.3, -0.25) is 9.69 Å². The number of thiazole rings is 1. The van der Waals surface area contributed by atoms with Crippen molar-refractivity contribution in [1.29, 1.82) is 0 Å². The van der Waals surface area contributed by atoms with Crippen molar-refractivity contribution in [1.82, 2.24) is 10.3 Å². The molecule has 0 unspecified atom stereocenters. The Balaban J connectivity index is 1.88. The first-order valence-corrected chi connectivity index (χ1v) is 7.35. The number of benzene rings is 1. The third-order valence-electron chi connectivity index (χ3n) is 3.63. The fraction of sp³-hybridized carbons (Fsp3) is 0.308. The summed E-state index contributed by atoms with van der Waals surface area (Å²) in [6.07, 6.45) is 0. The van der Waals surface area contributed by atoms with E-state index in [9.17, 15) is 9.59 Å². The largest absolute Gasteiger partial charge is 0.481 e. The minimum Gasteiger partial charge on any atom is -0.481 e. The molecule has 1 N–H and O–H groups in total. The van der Waals surface area contributed by atoms with Gasteiger partial charge >= 0.3 is 6.03 Å². The van der Waals surface area contributed by atoms with Crippen molar-refractivity contribution in [2.24, 2.45) is 0 Å². The summed E-state index contributed by atoms with van der Waals surface area (Å²) in [6.45, 7) is 1.26. The van der Waals surface area contributed by atoms with Crippen LogP contribution in [0.1, 0.15) is 0 Å². The Hall–Kier alpha value is -2.35. The van der Waals surface area contributed by atoms with Gasteiger partial charge in [0.05, 0.1) is 4.70 Å². The van der Waals surface area contributed by atoms with Crippen LogP contribution in [0.3, 0.4) is 0 Å². The molecule has 1 saturated heterocycles. The molecule has 1 fully saturated rings. The Morgan fingerprint density at radius 3 is 3.00 bits per heavy atom. The van der Waals surface area contributed by atoms with E-state index in [1.165, 1.54) is 11.3 Å². The van der Waals surface area contributed by atoms with Gasteiger partial charge in [-0.25, -0.2) is 9.78 Å². The Labute approximate surface area is 124 Å². The van der Waals surface area contributed by atoms with Crippen molar-refractivity contribution < 1.29 is 14.3 Å². The molecule has 3 heterocycles. The summed E-state index contributed by atoms with van der Waals surface area (Å²) in [4.78, 5) is 31.3. The zero-order chi connectivity index (χ0) is 14.6. The Kier molecular flexibility index (Phi) is 2.55. The first-order valence-electron chi connectivity index (χ1n) is 6.53. The van der Waals surface area contributed by atoms with Crippen LogP contribution in [0.5, 0.6) is 5.75 Å². The van der Waals surface area contributed by atoms with Crippen molar-refractivity contribution in [2.75, 3.05) is 36.5 Å². The van der Waals surface area contributed by atoms with Crippen molar-refractivity contribution in [3.63, 3.8) is 0 Å². The molecule has 108 valence electrons. The molecule has 0 atom stereocenters. The van der Waals surface area contributed by atoms with Crippen molar-refractivity contribution in [3.05, 3.63) is 12.1 Å². The van der Waals surface area contributed by atoms with Crippen LogP contribution in [-0.2, 0) is 4.79 Å². The number of anilines is 2. The van der Waals surface area contributed by atoms with Crippen LogP contribution in [0.2, 0.25) is 0 Å². The van der Waals surface area contributed by atoms with Crippen molar-refractivity contribution in [3.8, 4) is 5.75 Å². The number of nitrogens with one attached hydrogen (secondary N) is 1. The molecule has 0 aliphatic carbocycles. The summed E-state index contributed by atoms with van der Waals surface area (Å²) in [5.74, 6) is 0.538. The van der Waals surface area contributed by atoms with E-state index in [1.807, 2.05) is 12.1 Å². The monoisotopic (exact) mass is 304 g/mol. The second kappa shape index (κ2) is 4.32. The van der Waals surface area contributed by atoms with Crippen LogP contribution >= 0.6 is 11.3 Å². The molecular weight excluding hydrogens is 292 g/mol. The normalized spacial score (nSPS) is 18.0. The summed E-state index contributed by atoms with van der Waals surface area (Å²) in [7, 11) is 1.71. The number of hydrogen-bond acceptors (Lipinski definition) is 5. The van der Waals surface area contributed by atoms with Crippen LogP contribution < -0.4 is 19.9 Å². The van der Waals surface area contributed by atoms with Crippen LogP contribution in [0, 0.1) is 0 Å². The van der Waals surface area contributed by atoms with E-state index in [0.717, 1.165) is 4.70 Å². The molecule has 7 nitrogen and oxygen atoms in total. The van der Waals surface area contributed by atoms with Gasteiger partial charge in [-0.2, -0.15) is 0 Å². The lowest BCUT2D eigenvalue weighted by Gasteiger charge is -2.25. The fourth-order valence-corrected chi connectivity index (χ4v) is 3.51. The molecule has 1 aromatic heterocycles. The number of fused-ring (bicyclic) bond motifs is 3. The summed E-state index contributed by atoms with van der Waals surface area (Å²) >= 11 is 1.43. The first kappa shape index (κ1) is 12.4. The van der Waals surface area contributed by atoms with E-state index < -0.39 is 0 Å². The predicted octanol–water partition coefficient (Wildman–Crippen LogP) is 1.18. The number of nitrogens with zero attached hydrogens (tertiary/aromatic N) is 3. The number of rotatable bonds is 1.